The Bertz CT molecular complexity index is 1440. The van der Waals surface area contributed by atoms with E-state index in [1.165, 1.54) is 24.9 Å². The summed E-state index contributed by atoms with van der Waals surface area (Å²) in [6.45, 7) is 2.28. The summed E-state index contributed by atoms with van der Waals surface area (Å²) < 4.78 is 47.5. The quantitative estimate of drug-likeness (QED) is 0.408. The lowest BCUT2D eigenvalue weighted by molar-refractivity contribution is -0.136. The Labute approximate surface area is 210 Å². The van der Waals surface area contributed by atoms with Gasteiger partial charge in [0.2, 0.25) is 5.88 Å². The Kier molecular flexibility index (Phi) is 6.42. The second-order valence-electron chi connectivity index (χ2n) is 8.81. The number of nitrogens with zero attached hydrogens (tertiary/aromatic N) is 5. The van der Waals surface area contributed by atoms with Gasteiger partial charge in [0.05, 0.1) is 18.4 Å². The third kappa shape index (κ3) is 4.92. The molecular formula is C25H24F3N7O2. The van der Waals surface area contributed by atoms with Gasteiger partial charge in [0.15, 0.2) is 5.82 Å². The standard InChI is InChI=1S/C25H24F3N7O2/c1-37-24-18(23(36)33-17-7-8-34(13-17)12-15-5-3-2-4-6-15)9-16(11-30-24)20-10-19(25(26,27)28)21-22(29)31-14-32-35(20)21/h2-6,9-11,14,17H,7-8,12-13H2,1H3,(H,33,36)(H2,29,31,32)/t17-/m0/s1. The number of ether oxygens (including phenoxy) is 1. The van der Waals surface area contributed by atoms with E-state index in [1.54, 1.807) is 0 Å². The number of halogens is 3. The number of likely N-dealkylation sites (tertiary alicyclic amines) is 1. The van der Waals surface area contributed by atoms with Gasteiger partial charge >= 0.3 is 6.18 Å². The van der Waals surface area contributed by atoms with Gasteiger partial charge in [-0.2, -0.15) is 18.3 Å². The zero-order chi connectivity index (χ0) is 26.2. The van der Waals surface area contributed by atoms with Gasteiger partial charge in [0.25, 0.3) is 5.91 Å². The fourth-order valence-corrected chi connectivity index (χ4v) is 4.61. The molecule has 37 heavy (non-hydrogen) atoms. The first-order valence-electron chi connectivity index (χ1n) is 11.6. The number of fused-ring (bicyclic) bond motifs is 1. The minimum Gasteiger partial charge on any atom is -0.480 e. The summed E-state index contributed by atoms with van der Waals surface area (Å²) in [5.74, 6) is -0.676. The first-order valence-corrected chi connectivity index (χ1v) is 11.6. The first-order chi connectivity index (χ1) is 17.7. The van der Waals surface area contributed by atoms with Gasteiger partial charge in [-0.1, -0.05) is 30.3 Å². The van der Waals surface area contributed by atoms with E-state index in [0.717, 1.165) is 36.4 Å². The monoisotopic (exact) mass is 511 g/mol. The summed E-state index contributed by atoms with van der Waals surface area (Å²) in [6.07, 6.45) is -1.52. The zero-order valence-electron chi connectivity index (χ0n) is 19.9. The number of benzene rings is 1. The zero-order valence-corrected chi connectivity index (χ0v) is 19.9. The van der Waals surface area contributed by atoms with E-state index < -0.39 is 17.6 Å². The molecular weight excluding hydrogens is 487 g/mol. The molecule has 1 saturated heterocycles. The molecule has 4 aromatic rings. The molecule has 1 aromatic carbocycles. The fraction of sp³-hybridized carbons (Fsp3) is 0.280. The van der Waals surface area contributed by atoms with Crippen LogP contribution < -0.4 is 15.8 Å². The number of hydrogen-bond donors (Lipinski definition) is 2. The van der Waals surface area contributed by atoms with Crippen LogP contribution in [-0.2, 0) is 12.7 Å². The SMILES string of the molecule is COc1ncc(-c2cc(C(F)(F)F)c3c(N)ncnn23)cc1C(=O)N[C@H]1CCN(Cc2ccccc2)C1. The molecule has 1 aliphatic rings. The second kappa shape index (κ2) is 9.69. The number of anilines is 1. The van der Waals surface area contributed by atoms with E-state index in [-0.39, 0.29) is 40.1 Å². The van der Waals surface area contributed by atoms with Gasteiger partial charge in [-0.3, -0.25) is 9.69 Å². The summed E-state index contributed by atoms with van der Waals surface area (Å²) in [5, 5.41) is 6.96. The van der Waals surface area contributed by atoms with E-state index in [0.29, 0.717) is 6.54 Å². The molecule has 192 valence electrons. The average molecular weight is 512 g/mol. The number of pyridine rings is 1. The predicted octanol–water partition coefficient (Wildman–Crippen LogP) is 3.41. The van der Waals surface area contributed by atoms with Crippen LogP contribution in [0.4, 0.5) is 19.0 Å². The lowest BCUT2D eigenvalue weighted by Crippen LogP contribution is -2.37. The maximum atomic E-state index is 13.7. The van der Waals surface area contributed by atoms with Gasteiger partial charge in [-0.05, 0) is 24.1 Å². The molecule has 5 rings (SSSR count). The molecule has 0 saturated carbocycles. The Hall–Kier alpha value is -4.19. The summed E-state index contributed by atoms with van der Waals surface area (Å²) in [6, 6.07) is 12.3. The lowest BCUT2D eigenvalue weighted by atomic mass is 10.1. The fourth-order valence-electron chi connectivity index (χ4n) is 4.61. The van der Waals surface area contributed by atoms with E-state index in [9.17, 15) is 18.0 Å². The molecule has 0 radical (unpaired) electrons. The van der Waals surface area contributed by atoms with Crippen molar-refractivity contribution in [3.63, 3.8) is 0 Å². The van der Waals surface area contributed by atoms with E-state index in [1.807, 2.05) is 18.2 Å². The molecule has 3 N–H and O–H groups in total. The maximum absolute atomic E-state index is 13.7. The number of carbonyl (C=O) groups excluding carboxylic acids is 1. The van der Waals surface area contributed by atoms with Gasteiger partial charge in [-0.15, -0.1) is 0 Å². The minimum atomic E-state index is -4.68. The molecule has 1 aliphatic heterocycles. The number of nitrogen functional groups attached to an aromatic ring is 1. The highest BCUT2D eigenvalue weighted by Crippen LogP contribution is 2.39. The van der Waals surface area contributed by atoms with Crippen molar-refractivity contribution >= 4 is 17.2 Å². The Morgan fingerprint density at radius 3 is 2.73 bits per heavy atom. The molecule has 0 spiro atoms. The molecule has 0 bridgehead atoms. The van der Waals surface area contributed by atoms with Crippen molar-refractivity contribution in [2.75, 3.05) is 25.9 Å². The van der Waals surface area contributed by atoms with Crippen molar-refractivity contribution in [2.45, 2.75) is 25.2 Å². The van der Waals surface area contributed by atoms with Crippen LogP contribution in [0.5, 0.6) is 5.88 Å². The molecule has 1 atom stereocenters. The maximum Gasteiger partial charge on any atom is 0.418 e. The number of amides is 1. The first kappa shape index (κ1) is 24.5. The van der Waals surface area contributed by atoms with E-state index in [2.05, 4.69) is 37.4 Å². The predicted molar refractivity (Wildman–Crippen MR) is 130 cm³/mol. The molecule has 9 nitrogen and oxygen atoms in total. The molecule has 0 aliphatic carbocycles. The molecule has 12 heteroatoms. The Balaban J connectivity index is 1.41. The number of rotatable bonds is 6. The topological polar surface area (TPSA) is 111 Å². The number of aromatic nitrogens is 4. The second-order valence-corrected chi connectivity index (χ2v) is 8.81. The van der Waals surface area contributed by atoms with Crippen LogP contribution in [0.3, 0.4) is 0 Å². The summed E-state index contributed by atoms with van der Waals surface area (Å²) in [4.78, 5) is 23.4. The summed E-state index contributed by atoms with van der Waals surface area (Å²) in [7, 11) is 1.37. The van der Waals surface area contributed by atoms with E-state index in [4.69, 9.17) is 10.5 Å². The Morgan fingerprint density at radius 2 is 2.00 bits per heavy atom. The van der Waals surface area contributed by atoms with Crippen LogP contribution in [0.15, 0.2) is 55.0 Å². The number of hydrogen-bond acceptors (Lipinski definition) is 7. The van der Waals surface area contributed by atoms with Crippen molar-refractivity contribution in [1.29, 1.82) is 0 Å². The largest absolute Gasteiger partial charge is 0.480 e. The number of carbonyl (C=O) groups is 1. The van der Waals surface area contributed by atoms with Crippen LogP contribution in [-0.4, -0.2) is 56.6 Å². The normalized spacial score (nSPS) is 16.3. The van der Waals surface area contributed by atoms with Crippen molar-refractivity contribution in [3.05, 3.63) is 71.7 Å². The van der Waals surface area contributed by atoms with Gasteiger partial charge in [0, 0.05) is 37.4 Å². The average Bonchev–Trinajstić information content (AvgIpc) is 3.49. The summed E-state index contributed by atoms with van der Waals surface area (Å²) >= 11 is 0. The minimum absolute atomic E-state index is 0.0615. The third-order valence-corrected chi connectivity index (χ3v) is 6.33. The highest BCUT2D eigenvalue weighted by atomic mass is 19.4. The highest BCUT2D eigenvalue weighted by molar-refractivity contribution is 5.97. The molecule has 4 heterocycles. The molecule has 3 aromatic heterocycles. The number of methoxy groups -OCH3 is 1. The molecule has 0 unspecified atom stereocenters. The van der Waals surface area contributed by atoms with Crippen LogP contribution in [0, 0.1) is 0 Å². The van der Waals surface area contributed by atoms with Gasteiger partial charge in [0.1, 0.15) is 17.4 Å². The lowest BCUT2D eigenvalue weighted by Gasteiger charge is -2.17. The smallest absolute Gasteiger partial charge is 0.418 e. The van der Waals surface area contributed by atoms with Crippen molar-refractivity contribution in [3.8, 4) is 17.1 Å². The summed E-state index contributed by atoms with van der Waals surface area (Å²) in [5.41, 5.74) is 6.00. The Morgan fingerprint density at radius 1 is 1.22 bits per heavy atom. The number of nitrogens with two attached hydrogens (primary N) is 1. The number of alkyl halides is 3. The van der Waals surface area contributed by atoms with Crippen molar-refractivity contribution in [2.24, 2.45) is 0 Å². The molecule has 1 amide bonds. The molecule has 1 fully saturated rings. The van der Waals surface area contributed by atoms with Crippen LogP contribution in [0.2, 0.25) is 0 Å². The highest BCUT2D eigenvalue weighted by Gasteiger charge is 2.37. The van der Waals surface area contributed by atoms with Crippen LogP contribution in [0.1, 0.15) is 27.9 Å². The van der Waals surface area contributed by atoms with Gasteiger partial charge < -0.3 is 15.8 Å². The van der Waals surface area contributed by atoms with Crippen molar-refractivity contribution in [1.82, 2.24) is 29.8 Å². The van der Waals surface area contributed by atoms with E-state index >= 15 is 0 Å². The van der Waals surface area contributed by atoms with Crippen LogP contribution in [0.25, 0.3) is 16.8 Å². The van der Waals surface area contributed by atoms with Crippen molar-refractivity contribution < 1.29 is 22.7 Å². The number of nitrogens with one attached hydrogen (secondary N) is 1. The van der Waals surface area contributed by atoms with Crippen LogP contribution >= 0.6 is 0 Å². The van der Waals surface area contributed by atoms with Gasteiger partial charge in [-0.25, -0.2) is 14.5 Å². The third-order valence-electron chi connectivity index (χ3n) is 6.33.